The maximum Gasteiger partial charge on any atom is 0.120 e. The Morgan fingerprint density at radius 2 is 0.913 bits per heavy atom. The number of hydrogen-bond donors (Lipinski definition) is 0. The highest BCUT2D eigenvalue weighted by Crippen LogP contribution is 2.38. The van der Waals surface area contributed by atoms with E-state index >= 15 is 0 Å². The van der Waals surface area contributed by atoms with Gasteiger partial charge in [-0.2, -0.15) is 0 Å². The molecule has 8 bridgehead atoms. The van der Waals surface area contributed by atoms with Crippen LogP contribution in [0.15, 0.2) is 48.5 Å². The van der Waals surface area contributed by atoms with Crippen LogP contribution in [-0.2, 0) is 4.74 Å². The van der Waals surface area contributed by atoms with Gasteiger partial charge in [-0.3, -0.25) is 0 Å². The van der Waals surface area contributed by atoms with E-state index in [2.05, 4.69) is 48.5 Å². The Morgan fingerprint density at radius 1 is 0.522 bits per heavy atom. The minimum absolute atomic E-state index is 0.547. The Balaban J connectivity index is 1.87. The van der Waals surface area contributed by atoms with Crippen molar-refractivity contribution < 1.29 is 14.2 Å². The lowest BCUT2D eigenvalue weighted by Crippen LogP contribution is -2.11. The van der Waals surface area contributed by atoms with Crippen LogP contribution >= 0.6 is 0 Å². The van der Waals surface area contributed by atoms with Crippen LogP contribution in [0, 0.1) is 0 Å². The van der Waals surface area contributed by atoms with E-state index in [-0.39, 0.29) is 0 Å². The molecule has 4 aliphatic heterocycles. The third-order valence-electron chi connectivity index (χ3n) is 4.47. The summed E-state index contributed by atoms with van der Waals surface area (Å²) in [4.78, 5) is 0. The topological polar surface area (TPSA) is 27.7 Å². The molecule has 0 fully saturated rings. The quantitative estimate of drug-likeness (QED) is 0.451. The fourth-order valence-electron chi connectivity index (χ4n) is 3.49. The van der Waals surface area contributed by atoms with E-state index in [1.807, 2.05) is 0 Å². The Hall–Kier alpha value is -2.52. The lowest BCUT2D eigenvalue weighted by molar-refractivity contribution is 0.0765. The Bertz CT molecular complexity index is 858. The Labute approximate surface area is 133 Å². The molecule has 0 atom stereocenters. The van der Waals surface area contributed by atoms with Crippen molar-refractivity contribution in [3.63, 3.8) is 0 Å². The van der Waals surface area contributed by atoms with Crippen LogP contribution in [0.25, 0.3) is 32.3 Å². The monoisotopic (exact) mass is 304 g/mol. The van der Waals surface area contributed by atoms with Crippen molar-refractivity contribution in [3.8, 4) is 11.5 Å². The van der Waals surface area contributed by atoms with Gasteiger partial charge in [0.1, 0.15) is 24.7 Å². The largest absolute Gasteiger partial charge is 0.491 e. The van der Waals surface area contributed by atoms with E-state index in [4.69, 9.17) is 14.2 Å². The van der Waals surface area contributed by atoms with Crippen LogP contribution in [-0.4, -0.2) is 26.4 Å². The smallest absolute Gasteiger partial charge is 0.120 e. The summed E-state index contributed by atoms with van der Waals surface area (Å²) in [7, 11) is 0. The molecule has 23 heavy (non-hydrogen) atoms. The van der Waals surface area contributed by atoms with Gasteiger partial charge in [0, 0.05) is 0 Å². The van der Waals surface area contributed by atoms with Crippen molar-refractivity contribution >= 4 is 32.3 Å². The fourth-order valence-corrected chi connectivity index (χ4v) is 3.49. The lowest BCUT2D eigenvalue weighted by Gasteiger charge is -2.14. The second kappa shape index (κ2) is 5.00. The molecule has 3 nitrogen and oxygen atoms in total. The zero-order chi connectivity index (χ0) is 15.2. The molecule has 0 N–H and O–H groups in total. The molecule has 4 aromatic carbocycles. The third kappa shape index (κ3) is 2.08. The first kappa shape index (κ1) is 13.0. The molecule has 3 heteroatoms. The number of benzene rings is 4. The van der Waals surface area contributed by atoms with Crippen LogP contribution in [0.4, 0.5) is 0 Å². The zero-order valence-corrected chi connectivity index (χ0v) is 12.7. The molecule has 4 heterocycles. The molecule has 4 aliphatic rings. The average molecular weight is 304 g/mol. The second-order valence-electron chi connectivity index (χ2n) is 5.93. The molecule has 0 saturated heterocycles. The van der Waals surface area contributed by atoms with Gasteiger partial charge in [0.05, 0.1) is 13.2 Å². The van der Waals surface area contributed by atoms with E-state index in [0.717, 1.165) is 11.5 Å². The van der Waals surface area contributed by atoms with Crippen molar-refractivity contribution in [2.75, 3.05) is 26.4 Å². The summed E-state index contributed by atoms with van der Waals surface area (Å²) < 4.78 is 17.3. The molecule has 0 spiro atoms. The molecule has 114 valence electrons. The van der Waals surface area contributed by atoms with Gasteiger partial charge in [-0.1, -0.05) is 24.3 Å². The molecule has 0 unspecified atom stereocenters. The van der Waals surface area contributed by atoms with Crippen LogP contribution in [0.1, 0.15) is 0 Å². The van der Waals surface area contributed by atoms with Gasteiger partial charge in [0.15, 0.2) is 0 Å². The molecular weight excluding hydrogens is 288 g/mol. The van der Waals surface area contributed by atoms with Crippen molar-refractivity contribution in [3.05, 3.63) is 48.5 Å². The summed E-state index contributed by atoms with van der Waals surface area (Å²) in [5.41, 5.74) is 0. The number of rotatable bonds is 0. The first-order valence-electron chi connectivity index (χ1n) is 7.94. The highest BCUT2D eigenvalue weighted by atomic mass is 16.5. The lowest BCUT2D eigenvalue weighted by atomic mass is 9.94. The Morgan fingerprint density at radius 3 is 1.30 bits per heavy atom. The van der Waals surface area contributed by atoms with Crippen molar-refractivity contribution in [1.82, 2.24) is 0 Å². The van der Waals surface area contributed by atoms with Gasteiger partial charge in [-0.05, 0) is 56.6 Å². The van der Waals surface area contributed by atoms with Crippen molar-refractivity contribution in [2.45, 2.75) is 0 Å². The first-order chi connectivity index (χ1) is 11.4. The van der Waals surface area contributed by atoms with E-state index < -0.39 is 0 Å². The first-order valence-corrected chi connectivity index (χ1v) is 7.94. The maximum absolute atomic E-state index is 5.86. The molecule has 0 saturated carbocycles. The summed E-state index contributed by atoms with van der Waals surface area (Å²) in [5, 5.41) is 7.43. The van der Waals surface area contributed by atoms with E-state index in [9.17, 15) is 0 Å². The minimum Gasteiger partial charge on any atom is -0.491 e. The van der Waals surface area contributed by atoms with Crippen LogP contribution in [0.3, 0.4) is 0 Å². The number of hydrogen-bond acceptors (Lipinski definition) is 3. The predicted octanol–water partition coefficient (Wildman–Crippen LogP) is 4.37. The second-order valence-corrected chi connectivity index (χ2v) is 5.93. The predicted molar refractivity (Wildman–Crippen MR) is 92.0 cm³/mol. The highest BCUT2D eigenvalue weighted by molar-refractivity contribution is 6.23. The number of fused-ring (bicyclic) bond motifs is 2. The van der Waals surface area contributed by atoms with Gasteiger partial charge in [-0.25, -0.2) is 0 Å². The molecule has 0 aromatic heterocycles. The van der Waals surface area contributed by atoms with Gasteiger partial charge >= 0.3 is 0 Å². The third-order valence-corrected chi connectivity index (χ3v) is 4.47. The van der Waals surface area contributed by atoms with Gasteiger partial charge in [-0.15, -0.1) is 0 Å². The summed E-state index contributed by atoms with van der Waals surface area (Å²) in [6.07, 6.45) is 0. The summed E-state index contributed by atoms with van der Waals surface area (Å²) >= 11 is 0. The molecule has 0 radical (unpaired) electrons. The summed E-state index contributed by atoms with van der Waals surface area (Å²) in [5.74, 6) is 1.79. The molecule has 4 aromatic rings. The standard InChI is InChI=1S/C20H16O3/c1-2-14-10-18-12-16-4-3-15-11-17(9-13(1)19(15)20(14)16)22-7-5-21-6-8-23-18/h1-4,9-12H,5-8H2. The molecule has 8 rings (SSSR count). The SMILES string of the molecule is c1cc2cc3cc4ccc5cc(cc1c5c24)OCCOCCO3. The normalized spacial score (nSPS) is 15.7. The van der Waals surface area contributed by atoms with Crippen molar-refractivity contribution in [2.24, 2.45) is 0 Å². The zero-order valence-electron chi connectivity index (χ0n) is 12.7. The Kier molecular flexibility index (Phi) is 2.82. The average Bonchev–Trinajstić information content (AvgIpc) is 2.59. The van der Waals surface area contributed by atoms with Crippen LogP contribution in [0.2, 0.25) is 0 Å². The van der Waals surface area contributed by atoms with Crippen LogP contribution < -0.4 is 9.47 Å². The molecule has 0 aliphatic carbocycles. The number of ether oxygens (including phenoxy) is 3. The maximum atomic E-state index is 5.86. The fraction of sp³-hybridized carbons (Fsp3) is 0.200. The molecular formula is C20H16O3. The molecule has 0 amide bonds. The van der Waals surface area contributed by atoms with Gasteiger partial charge < -0.3 is 14.2 Å². The van der Waals surface area contributed by atoms with E-state index in [1.165, 1.54) is 32.3 Å². The van der Waals surface area contributed by atoms with E-state index in [0.29, 0.717) is 26.4 Å². The van der Waals surface area contributed by atoms with Crippen molar-refractivity contribution in [1.29, 1.82) is 0 Å². The minimum atomic E-state index is 0.547. The summed E-state index contributed by atoms with van der Waals surface area (Å²) in [6, 6.07) is 17.1. The summed E-state index contributed by atoms with van der Waals surface area (Å²) in [6.45, 7) is 2.23. The van der Waals surface area contributed by atoms with Gasteiger partial charge in [0.2, 0.25) is 0 Å². The van der Waals surface area contributed by atoms with Crippen LogP contribution in [0.5, 0.6) is 11.5 Å². The van der Waals surface area contributed by atoms with E-state index in [1.54, 1.807) is 0 Å². The highest BCUT2D eigenvalue weighted by Gasteiger charge is 2.12. The van der Waals surface area contributed by atoms with Gasteiger partial charge in [0.25, 0.3) is 0 Å².